The Morgan fingerprint density at radius 1 is 1.15 bits per heavy atom. The summed E-state index contributed by atoms with van der Waals surface area (Å²) in [6.07, 6.45) is 1.20. The van der Waals surface area contributed by atoms with Crippen LogP contribution in [0.5, 0.6) is 0 Å². The molecule has 1 aliphatic rings. The molecule has 0 amide bonds. The van der Waals surface area contributed by atoms with E-state index in [1.54, 1.807) is 0 Å². The standard InChI is InChI=1S/C21H27ClN4.HI/c1-2-23-21(24-14-17-7-6-8-19(22)13-17)25-15-18-11-12-26(16-18)20-9-4-3-5-10-20;/h3-10,13,18H,2,11-12,14-16H2,1H3,(H2,23,24,25);1H. The van der Waals surface area contributed by atoms with Gasteiger partial charge in [0.1, 0.15) is 0 Å². The molecule has 2 N–H and O–H groups in total. The molecule has 0 radical (unpaired) electrons. The summed E-state index contributed by atoms with van der Waals surface area (Å²) < 4.78 is 0. The van der Waals surface area contributed by atoms with Gasteiger partial charge in [-0.1, -0.05) is 41.9 Å². The number of hydrogen-bond acceptors (Lipinski definition) is 2. The van der Waals surface area contributed by atoms with Gasteiger partial charge in [0.15, 0.2) is 5.96 Å². The molecule has 1 aliphatic heterocycles. The number of aliphatic imine (C=N–C) groups is 1. The zero-order valence-electron chi connectivity index (χ0n) is 15.7. The van der Waals surface area contributed by atoms with E-state index in [0.29, 0.717) is 12.5 Å². The van der Waals surface area contributed by atoms with Crippen LogP contribution in [-0.2, 0) is 6.54 Å². The summed E-state index contributed by atoms with van der Waals surface area (Å²) in [5.41, 5.74) is 2.43. The Morgan fingerprint density at radius 2 is 1.96 bits per heavy atom. The zero-order chi connectivity index (χ0) is 18.2. The van der Waals surface area contributed by atoms with Gasteiger partial charge in [0.25, 0.3) is 0 Å². The van der Waals surface area contributed by atoms with Crippen LogP contribution in [-0.4, -0.2) is 32.1 Å². The number of benzene rings is 2. The van der Waals surface area contributed by atoms with Crippen molar-refractivity contribution < 1.29 is 0 Å². The van der Waals surface area contributed by atoms with Crippen LogP contribution in [0.3, 0.4) is 0 Å². The molecular weight excluding hydrogens is 471 g/mol. The molecule has 2 aromatic carbocycles. The third-order valence-corrected chi connectivity index (χ3v) is 4.85. The van der Waals surface area contributed by atoms with E-state index in [-0.39, 0.29) is 24.0 Å². The van der Waals surface area contributed by atoms with Crippen molar-refractivity contribution in [3.05, 3.63) is 65.2 Å². The van der Waals surface area contributed by atoms with Crippen LogP contribution >= 0.6 is 35.6 Å². The highest BCUT2D eigenvalue weighted by atomic mass is 127. The van der Waals surface area contributed by atoms with E-state index in [9.17, 15) is 0 Å². The van der Waals surface area contributed by atoms with Gasteiger partial charge in [-0.05, 0) is 49.1 Å². The van der Waals surface area contributed by atoms with E-state index in [4.69, 9.17) is 11.6 Å². The summed E-state index contributed by atoms with van der Waals surface area (Å²) in [7, 11) is 0. The summed E-state index contributed by atoms with van der Waals surface area (Å²) in [4.78, 5) is 7.15. The van der Waals surface area contributed by atoms with Gasteiger partial charge in [0.2, 0.25) is 0 Å². The fourth-order valence-corrected chi connectivity index (χ4v) is 3.47. The number of rotatable bonds is 6. The second-order valence-corrected chi connectivity index (χ2v) is 7.08. The fourth-order valence-electron chi connectivity index (χ4n) is 3.26. The molecular formula is C21H28ClIN4. The van der Waals surface area contributed by atoms with Gasteiger partial charge in [-0.25, -0.2) is 4.99 Å². The molecule has 0 aliphatic carbocycles. The first-order valence-corrected chi connectivity index (χ1v) is 9.69. The van der Waals surface area contributed by atoms with Crippen LogP contribution in [0.25, 0.3) is 0 Å². The van der Waals surface area contributed by atoms with Crippen molar-refractivity contribution >= 4 is 47.2 Å². The minimum atomic E-state index is 0. The van der Waals surface area contributed by atoms with Gasteiger partial charge in [-0.3, -0.25) is 0 Å². The zero-order valence-corrected chi connectivity index (χ0v) is 18.8. The molecule has 146 valence electrons. The van der Waals surface area contributed by atoms with Crippen molar-refractivity contribution in [1.82, 2.24) is 10.6 Å². The molecule has 1 fully saturated rings. The maximum atomic E-state index is 6.05. The summed E-state index contributed by atoms with van der Waals surface area (Å²) in [6, 6.07) is 18.5. The summed E-state index contributed by atoms with van der Waals surface area (Å²) in [5, 5.41) is 7.58. The first kappa shape index (κ1) is 21.8. The second kappa shape index (κ2) is 11.4. The van der Waals surface area contributed by atoms with Crippen LogP contribution in [0, 0.1) is 5.92 Å². The van der Waals surface area contributed by atoms with E-state index in [0.717, 1.165) is 42.7 Å². The van der Waals surface area contributed by atoms with E-state index in [1.165, 1.54) is 12.1 Å². The quantitative estimate of drug-likeness (QED) is 0.349. The molecule has 1 atom stereocenters. The molecule has 1 saturated heterocycles. The topological polar surface area (TPSA) is 39.7 Å². The largest absolute Gasteiger partial charge is 0.371 e. The van der Waals surface area contributed by atoms with Gasteiger partial charge < -0.3 is 15.5 Å². The predicted octanol–water partition coefficient (Wildman–Crippen LogP) is 4.54. The van der Waals surface area contributed by atoms with E-state index < -0.39 is 0 Å². The lowest BCUT2D eigenvalue weighted by Crippen LogP contribution is -2.40. The molecule has 1 unspecified atom stereocenters. The maximum Gasteiger partial charge on any atom is 0.191 e. The minimum Gasteiger partial charge on any atom is -0.371 e. The molecule has 0 bridgehead atoms. The van der Waals surface area contributed by atoms with Gasteiger partial charge in [-0.2, -0.15) is 0 Å². The SMILES string of the molecule is CCNC(=NCc1cccc(Cl)c1)NCC1CCN(c2ccccc2)C1.I. The van der Waals surface area contributed by atoms with Crippen molar-refractivity contribution in [2.75, 3.05) is 31.1 Å². The lowest BCUT2D eigenvalue weighted by atomic mass is 10.1. The van der Waals surface area contributed by atoms with E-state index in [1.807, 2.05) is 24.3 Å². The summed E-state index contributed by atoms with van der Waals surface area (Å²) in [5.74, 6) is 1.50. The Kier molecular flexibility index (Phi) is 9.21. The normalized spacial score (nSPS) is 16.7. The van der Waals surface area contributed by atoms with Crippen molar-refractivity contribution in [3.8, 4) is 0 Å². The molecule has 27 heavy (non-hydrogen) atoms. The number of hydrogen-bond donors (Lipinski definition) is 2. The van der Waals surface area contributed by atoms with Crippen molar-refractivity contribution in [2.24, 2.45) is 10.9 Å². The average Bonchev–Trinajstić information content (AvgIpc) is 3.14. The number of para-hydroxylation sites is 1. The van der Waals surface area contributed by atoms with Gasteiger partial charge >= 0.3 is 0 Å². The average molecular weight is 499 g/mol. The van der Waals surface area contributed by atoms with Crippen LogP contribution in [0.15, 0.2) is 59.6 Å². The third kappa shape index (κ3) is 6.88. The lowest BCUT2D eigenvalue weighted by molar-refractivity contribution is 0.566. The Labute approximate surface area is 184 Å². The van der Waals surface area contributed by atoms with Crippen LogP contribution in [0.4, 0.5) is 5.69 Å². The maximum absolute atomic E-state index is 6.05. The molecule has 4 nitrogen and oxygen atoms in total. The van der Waals surface area contributed by atoms with Crippen LogP contribution in [0.1, 0.15) is 18.9 Å². The highest BCUT2D eigenvalue weighted by molar-refractivity contribution is 14.0. The number of halogens is 2. The van der Waals surface area contributed by atoms with Gasteiger partial charge in [0.05, 0.1) is 6.54 Å². The van der Waals surface area contributed by atoms with Gasteiger partial charge in [-0.15, -0.1) is 24.0 Å². The predicted molar refractivity (Wildman–Crippen MR) is 126 cm³/mol. The van der Waals surface area contributed by atoms with Crippen molar-refractivity contribution in [1.29, 1.82) is 0 Å². The second-order valence-electron chi connectivity index (χ2n) is 6.64. The fraction of sp³-hybridized carbons (Fsp3) is 0.381. The third-order valence-electron chi connectivity index (χ3n) is 4.62. The summed E-state index contributed by atoms with van der Waals surface area (Å²) in [6.45, 7) is 6.70. The highest BCUT2D eigenvalue weighted by Crippen LogP contribution is 2.22. The Morgan fingerprint density at radius 3 is 2.70 bits per heavy atom. The Hall–Kier alpha value is -1.47. The van der Waals surface area contributed by atoms with Crippen LogP contribution < -0.4 is 15.5 Å². The Bertz CT molecular complexity index is 723. The van der Waals surface area contributed by atoms with E-state index in [2.05, 4.69) is 57.8 Å². The molecule has 0 saturated carbocycles. The number of anilines is 1. The molecule has 0 spiro atoms. The summed E-state index contributed by atoms with van der Waals surface area (Å²) >= 11 is 6.05. The number of nitrogens with zero attached hydrogens (tertiary/aromatic N) is 2. The highest BCUT2D eigenvalue weighted by Gasteiger charge is 2.22. The molecule has 2 aromatic rings. The van der Waals surface area contributed by atoms with Crippen molar-refractivity contribution in [3.63, 3.8) is 0 Å². The van der Waals surface area contributed by atoms with Gasteiger partial charge in [0, 0.05) is 36.9 Å². The number of nitrogens with one attached hydrogen (secondary N) is 2. The lowest BCUT2D eigenvalue weighted by Gasteiger charge is -2.19. The Balaban J connectivity index is 0.00000261. The smallest absolute Gasteiger partial charge is 0.191 e. The molecule has 3 rings (SSSR count). The molecule has 0 aromatic heterocycles. The van der Waals surface area contributed by atoms with E-state index >= 15 is 0 Å². The van der Waals surface area contributed by atoms with Crippen LogP contribution in [0.2, 0.25) is 5.02 Å². The first-order chi connectivity index (χ1) is 12.7. The van der Waals surface area contributed by atoms with Crippen molar-refractivity contribution in [2.45, 2.75) is 19.9 Å². The number of guanidine groups is 1. The first-order valence-electron chi connectivity index (χ1n) is 9.31. The molecule has 1 heterocycles. The monoisotopic (exact) mass is 498 g/mol. The molecule has 6 heteroatoms. The minimum absolute atomic E-state index is 0.